The fraction of sp³-hybridized carbons (Fsp3) is 1.00. The van der Waals surface area contributed by atoms with Gasteiger partial charge in [0.25, 0.3) is 0 Å². The number of aliphatic hydroxyl groups is 2. The van der Waals surface area contributed by atoms with Crippen molar-refractivity contribution >= 4 is 0 Å². The van der Waals surface area contributed by atoms with Gasteiger partial charge in [0.05, 0.1) is 0 Å². The highest BCUT2D eigenvalue weighted by molar-refractivity contribution is 5.18. The summed E-state index contributed by atoms with van der Waals surface area (Å²) in [6.07, 6.45) is -3.27. The lowest BCUT2D eigenvalue weighted by molar-refractivity contribution is -0.389. The van der Waals surface area contributed by atoms with E-state index in [0.29, 0.717) is 25.7 Å². The summed E-state index contributed by atoms with van der Waals surface area (Å²) in [6, 6.07) is 0. The van der Waals surface area contributed by atoms with Crippen LogP contribution in [0.2, 0.25) is 0 Å². The molecular weight excluding hydrogens is 295 g/mol. The van der Waals surface area contributed by atoms with Crippen molar-refractivity contribution in [3.05, 3.63) is 0 Å². The third-order valence-electron chi connectivity index (χ3n) is 6.05. The molecule has 0 heterocycles. The zero-order valence-electron chi connectivity index (χ0n) is 11.6. The first kappa shape index (κ1) is 15.5. The second-order valence-electron chi connectivity index (χ2n) is 7.27. The fourth-order valence-corrected chi connectivity index (χ4v) is 4.98. The minimum atomic E-state index is -5.50. The minimum Gasteiger partial charge on any atom is -0.383 e. The Morgan fingerprint density at radius 1 is 0.857 bits per heavy atom. The maximum atomic E-state index is 14.6. The van der Waals surface area contributed by atoms with Crippen molar-refractivity contribution in [3.63, 3.8) is 0 Å². The number of hydrogen-bond acceptors (Lipinski definition) is 2. The SMILES string of the molecule is CC(O)(C(F)(F)F)C(F)(F)C1(O)C2CC3CC(C2)CC1C3. The molecule has 0 aromatic carbocycles. The lowest BCUT2D eigenvalue weighted by Gasteiger charge is -2.62. The molecule has 4 rings (SSSR count). The Morgan fingerprint density at radius 2 is 1.24 bits per heavy atom. The fourth-order valence-electron chi connectivity index (χ4n) is 4.98. The average Bonchev–Trinajstić information content (AvgIpc) is 2.32. The van der Waals surface area contributed by atoms with Crippen LogP contribution in [-0.2, 0) is 0 Å². The van der Waals surface area contributed by atoms with Gasteiger partial charge in [-0.25, -0.2) is 0 Å². The van der Waals surface area contributed by atoms with Gasteiger partial charge in [-0.05, 0) is 62.7 Å². The van der Waals surface area contributed by atoms with Crippen molar-refractivity contribution in [2.75, 3.05) is 0 Å². The lowest BCUT2D eigenvalue weighted by Crippen LogP contribution is -2.74. The second-order valence-corrected chi connectivity index (χ2v) is 7.27. The van der Waals surface area contributed by atoms with Gasteiger partial charge in [0.1, 0.15) is 5.60 Å². The van der Waals surface area contributed by atoms with E-state index in [1.165, 1.54) is 0 Å². The molecule has 2 N–H and O–H groups in total. The highest BCUT2D eigenvalue weighted by atomic mass is 19.4. The molecule has 2 nitrogen and oxygen atoms in total. The van der Waals surface area contributed by atoms with Gasteiger partial charge >= 0.3 is 12.1 Å². The monoisotopic (exact) mass is 314 g/mol. The highest BCUT2D eigenvalue weighted by Crippen LogP contribution is 2.64. The van der Waals surface area contributed by atoms with E-state index >= 15 is 0 Å². The first-order chi connectivity index (χ1) is 9.41. The van der Waals surface area contributed by atoms with Crippen LogP contribution in [0.1, 0.15) is 39.0 Å². The molecular formula is C14H19F5O2. The molecule has 7 heteroatoms. The van der Waals surface area contributed by atoms with E-state index in [2.05, 4.69) is 0 Å². The second kappa shape index (κ2) is 4.10. The standard InChI is InChI=1S/C14H19F5O2/c1-11(20,14(17,18)19)13(15,16)12(21)9-3-7-2-8(5-9)6-10(12)4-7/h7-10,20-21H,2-6H2,1H3. The summed E-state index contributed by atoms with van der Waals surface area (Å²) in [4.78, 5) is 0. The van der Waals surface area contributed by atoms with Crippen LogP contribution >= 0.6 is 0 Å². The first-order valence-corrected chi connectivity index (χ1v) is 7.30. The van der Waals surface area contributed by atoms with Gasteiger partial charge in [0.15, 0.2) is 0 Å². The highest BCUT2D eigenvalue weighted by Gasteiger charge is 2.78. The van der Waals surface area contributed by atoms with E-state index in [1.54, 1.807) is 0 Å². The Labute approximate surface area is 119 Å². The maximum Gasteiger partial charge on any atom is 0.423 e. The van der Waals surface area contributed by atoms with Crippen LogP contribution in [0.5, 0.6) is 0 Å². The Morgan fingerprint density at radius 3 is 1.57 bits per heavy atom. The molecule has 1 unspecified atom stereocenters. The lowest BCUT2D eigenvalue weighted by atomic mass is 9.47. The normalized spacial score (nSPS) is 45.7. The molecule has 4 aliphatic carbocycles. The van der Waals surface area contributed by atoms with E-state index in [4.69, 9.17) is 0 Å². The molecule has 0 aliphatic heterocycles. The van der Waals surface area contributed by atoms with Crippen molar-refractivity contribution in [3.8, 4) is 0 Å². The van der Waals surface area contributed by atoms with E-state index in [1.807, 2.05) is 0 Å². The molecule has 0 aromatic rings. The predicted octanol–water partition coefficient (Wildman–Crippen LogP) is 3.12. The zero-order valence-corrected chi connectivity index (χ0v) is 11.6. The molecule has 0 radical (unpaired) electrons. The van der Waals surface area contributed by atoms with Gasteiger partial charge in [-0.2, -0.15) is 22.0 Å². The summed E-state index contributed by atoms with van der Waals surface area (Å²) >= 11 is 0. The molecule has 4 bridgehead atoms. The minimum absolute atomic E-state index is 0.0655. The Kier molecular flexibility index (Phi) is 3.02. The van der Waals surface area contributed by atoms with Gasteiger partial charge in [-0.1, -0.05) is 0 Å². The Balaban J connectivity index is 2.02. The van der Waals surface area contributed by atoms with Crippen molar-refractivity contribution in [2.45, 2.75) is 62.3 Å². The molecule has 21 heavy (non-hydrogen) atoms. The summed E-state index contributed by atoms with van der Waals surface area (Å²) in [7, 11) is 0. The van der Waals surface area contributed by atoms with E-state index in [0.717, 1.165) is 6.42 Å². The third kappa shape index (κ3) is 1.76. The van der Waals surface area contributed by atoms with Crippen molar-refractivity contribution in [1.29, 1.82) is 0 Å². The van der Waals surface area contributed by atoms with Crippen LogP contribution < -0.4 is 0 Å². The number of rotatable bonds is 2. The molecule has 0 saturated heterocycles. The Bertz CT molecular complexity index is 415. The quantitative estimate of drug-likeness (QED) is 0.769. The molecule has 4 aliphatic rings. The Hall–Kier alpha value is -0.430. The molecule has 4 saturated carbocycles. The number of hydrogen-bond donors (Lipinski definition) is 2. The van der Waals surface area contributed by atoms with Crippen LogP contribution in [0.25, 0.3) is 0 Å². The third-order valence-corrected chi connectivity index (χ3v) is 6.05. The van der Waals surface area contributed by atoms with E-state index in [9.17, 15) is 32.2 Å². The molecule has 0 aromatic heterocycles. The van der Waals surface area contributed by atoms with E-state index < -0.39 is 35.1 Å². The van der Waals surface area contributed by atoms with Crippen LogP contribution in [-0.4, -0.2) is 33.5 Å². The maximum absolute atomic E-state index is 14.6. The van der Waals surface area contributed by atoms with Gasteiger partial charge < -0.3 is 10.2 Å². The smallest absolute Gasteiger partial charge is 0.383 e. The molecule has 4 fully saturated rings. The molecule has 1 atom stereocenters. The van der Waals surface area contributed by atoms with Crippen molar-refractivity contribution in [2.24, 2.45) is 23.7 Å². The molecule has 0 amide bonds. The molecule has 0 spiro atoms. The van der Waals surface area contributed by atoms with Crippen molar-refractivity contribution in [1.82, 2.24) is 0 Å². The summed E-state index contributed by atoms with van der Waals surface area (Å²) < 4.78 is 67.8. The van der Waals surface area contributed by atoms with Gasteiger partial charge in [-0.3, -0.25) is 0 Å². The van der Waals surface area contributed by atoms with Gasteiger partial charge in [0, 0.05) is 0 Å². The first-order valence-electron chi connectivity index (χ1n) is 7.30. The van der Waals surface area contributed by atoms with Crippen LogP contribution in [0.4, 0.5) is 22.0 Å². The van der Waals surface area contributed by atoms with E-state index in [-0.39, 0.29) is 18.8 Å². The summed E-state index contributed by atoms with van der Waals surface area (Å²) in [5, 5.41) is 20.1. The predicted molar refractivity (Wildman–Crippen MR) is 63.6 cm³/mol. The summed E-state index contributed by atoms with van der Waals surface area (Å²) in [6.45, 7) is 0.0655. The largest absolute Gasteiger partial charge is 0.423 e. The average molecular weight is 314 g/mol. The van der Waals surface area contributed by atoms with Gasteiger partial charge in [0.2, 0.25) is 5.60 Å². The van der Waals surface area contributed by atoms with Crippen molar-refractivity contribution < 1.29 is 32.2 Å². The van der Waals surface area contributed by atoms with Crippen LogP contribution in [0, 0.1) is 23.7 Å². The summed E-state index contributed by atoms with van der Waals surface area (Å²) in [5.41, 5.74) is -7.00. The topological polar surface area (TPSA) is 40.5 Å². The van der Waals surface area contributed by atoms with Crippen LogP contribution in [0.3, 0.4) is 0 Å². The van der Waals surface area contributed by atoms with Gasteiger partial charge in [-0.15, -0.1) is 0 Å². The summed E-state index contributed by atoms with van der Waals surface area (Å²) in [5.74, 6) is -5.91. The van der Waals surface area contributed by atoms with Crippen LogP contribution in [0.15, 0.2) is 0 Å². The number of alkyl halides is 5. The zero-order chi connectivity index (χ0) is 15.8. The molecule has 122 valence electrons. The number of halogens is 5.